The monoisotopic (exact) mass is 838 g/mol. The van der Waals surface area contributed by atoms with Crippen molar-refractivity contribution in [3.63, 3.8) is 0 Å². The molecule has 0 amide bonds. The van der Waals surface area contributed by atoms with Crippen LogP contribution < -0.4 is 4.90 Å². The van der Waals surface area contributed by atoms with Gasteiger partial charge >= 0.3 is 0 Å². The summed E-state index contributed by atoms with van der Waals surface area (Å²) in [6.07, 6.45) is 0. The second kappa shape index (κ2) is 12.7. The molecule has 0 unspecified atom stereocenters. The lowest BCUT2D eigenvalue weighted by Crippen LogP contribution is -2.31. The van der Waals surface area contributed by atoms with Crippen molar-refractivity contribution in [1.82, 2.24) is 4.57 Å². The molecule has 2 heteroatoms. The molecular weight excluding hydrogens is 797 g/mol. The number of nitrogens with zero attached hydrogens (tertiary/aromatic N) is 2. The zero-order chi connectivity index (χ0) is 43.5. The van der Waals surface area contributed by atoms with Gasteiger partial charge in [-0.3, -0.25) is 0 Å². The van der Waals surface area contributed by atoms with Gasteiger partial charge in [0.1, 0.15) is 0 Å². The molecule has 0 radical (unpaired) electrons. The summed E-state index contributed by atoms with van der Waals surface area (Å²) in [6.45, 7) is 4.50. The first kappa shape index (κ1) is 36.2. The maximum atomic E-state index is 2.54. The summed E-state index contributed by atoms with van der Waals surface area (Å²) in [5.74, 6) is 0. The third-order valence-corrected chi connectivity index (χ3v) is 15.7. The quantitative estimate of drug-likeness (QED) is 0.171. The molecule has 10 aromatic carbocycles. The van der Waals surface area contributed by atoms with Gasteiger partial charge in [0.05, 0.1) is 21.9 Å². The van der Waals surface area contributed by atoms with Crippen molar-refractivity contribution in [2.24, 2.45) is 0 Å². The van der Waals surface area contributed by atoms with Crippen LogP contribution in [0.4, 0.5) is 17.1 Å². The Labute approximate surface area is 384 Å². The number of hydrogen-bond acceptors (Lipinski definition) is 1. The molecule has 308 valence electrons. The van der Waals surface area contributed by atoms with Crippen LogP contribution in [-0.4, -0.2) is 4.57 Å². The fourth-order valence-electron chi connectivity index (χ4n) is 13.3. The predicted molar refractivity (Wildman–Crippen MR) is 272 cm³/mol. The Morgan fingerprint density at radius 3 is 1.23 bits per heavy atom. The molecule has 66 heavy (non-hydrogen) atoms. The van der Waals surface area contributed by atoms with Gasteiger partial charge in [-0.05, 0) is 152 Å². The van der Waals surface area contributed by atoms with Gasteiger partial charge in [0.25, 0.3) is 0 Å². The minimum Gasteiger partial charge on any atom is -0.310 e. The van der Waals surface area contributed by atoms with Crippen LogP contribution in [0.25, 0.3) is 60.9 Å². The molecule has 1 heterocycles. The molecule has 0 saturated heterocycles. The number of para-hydroxylation sites is 4. The zero-order valence-corrected chi connectivity index (χ0v) is 36.7. The molecule has 11 aromatic rings. The van der Waals surface area contributed by atoms with Crippen LogP contribution in [0.2, 0.25) is 0 Å². The first-order chi connectivity index (χ1) is 32.6. The molecule has 0 aliphatic heterocycles. The van der Waals surface area contributed by atoms with Gasteiger partial charge in [-0.25, -0.2) is 0 Å². The average Bonchev–Trinajstić information content (AvgIpc) is 4.12. The van der Waals surface area contributed by atoms with Crippen molar-refractivity contribution in [1.29, 1.82) is 0 Å². The van der Waals surface area contributed by atoms with Crippen LogP contribution in [0, 0.1) is 13.8 Å². The van der Waals surface area contributed by atoms with E-state index in [0.29, 0.717) is 0 Å². The molecule has 2 nitrogen and oxygen atoms in total. The van der Waals surface area contributed by atoms with E-state index in [4.69, 9.17) is 0 Å². The number of fused-ring (bicyclic) bond motifs is 17. The maximum Gasteiger partial charge on any atom is 0.0727 e. The van der Waals surface area contributed by atoms with E-state index in [1.54, 1.807) is 0 Å². The van der Waals surface area contributed by atoms with Crippen molar-refractivity contribution in [2.75, 3.05) is 4.90 Å². The lowest BCUT2D eigenvalue weighted by molar-refractivity contribution is 0.755. The molecule has 0 bridgehead atoms. The molecule has 4 aliphatic carbocycles. The molecule has 0 saturated carbocycles. The highest BCUT2D eigenvalue weighted by atomic mass is 15.1. The summed E-state index contributed by atoms with van der Waals surface area (Å²) in [4.78, 5) is 2.42. The highest BCUT2D eigenvalue weighted by Crippen LogP contribution is 2.72. The second-order valence-electron chi connectivity index (χ2n) is 18.9. The number of rotatable bonds is 4. The number of anilines is 3. The minimum atomic E-state index is -0.587. The Morgan fingerprint density at radius 1 is 0.318 bits per heavy atom. The summed E-state index contributed by atoms with van der Waals surface area (Å²) in [7, 11) is 0. The maximum absolute atomic E-state index is 2.54. The van der Waals surface area contributed by atoms with Crippen molar-refractivity contribution < 1.29 is 0 Å². The lowest BCUT2D eigenvalue weighted by Gasteiger charge is -2.36. The van der Waals surface area contributed by atoms with Crippen LogP contribution in [0.3, 0.4) is 0 Å². The smallest absolute Gasteiger partial charge is 0.0727 e. The number of aromatic nitrogens is 1. The van der Waals surface area contributed by atoms with Crippen molar-refractivity contribution in [3.05, 3.63) is 274 Å². The van der Waals surface area contributed by atoms with Gasteiger partial charge in [0, 0.05) is 33.5 Å². The van der Waals surface area contributed by atoms with E-state index < -0.39 is 10.8 Å². The molecule has 1 aromatic heterocycles. The molecular formula is C64H42N2. The summed E-state index contributed by atoms with van der Waals surface area (Å²) in [5, 5.41) is 2.54. The fraction of sp³-hybridized carbons (Fsp3) is 0.0625. The standard InChI is InChI=1S/C64H42N2/c1-39-27-31-45-46-32-28-40(2)36-56(46)63(55(45)35-39)51-21-13-23-53-61(51)62-52(63)22-14-24-54(62)64(53)57-37-43(65(41-15-5-3-6-16-41)42-17-7-4-8-18-42)29-33-47(57)48-34-30-44(38-58(48)64)66-59-25-11-9-19-49(59)50-20-10-12-26-60(50)66/h3-38H,1-2H3. The second-order valence-corrected chi connectivity index (χ2v) is 18.9. The first-order valence-electron chi connectivity index (χ1n) is 23.3. The van der Waals surface area contributed by atoms with Gasteiger partial charge in [-0.15, -0.1) is 0 Å². The van der Waals surface area contributed by atoms with E-state index in [-0.39, 0.29) is 0 Å². The minimum absolute atomic E-state index is 0.421. The van der Waals surface area contributed by atoms with Crippen LogP contribution in [0.5, 0.6) is 0 Å². The van der Waals surface area contributed by atoms with Crippen LogP contribution in [0.1, 0.15) is 55.6 Å². The predicted octanol–water partition coefficient (Wildman–Crippen LogP) is 15.9. The normalized spacial score (nSPS) is 14.5. The van der Waals surface area contributed by atoms with Gasteiger partial charge in [0.2, 0.25) is 0 Å². The number of benzene rings is 10. The van der Waals surface area contributed by atoms with E-state index in [0.717, 1.165) is 17.1 Å². The van der Waals surface area contributed by atoms with E-state index >= 15 is 0 Å². The topological polar surface area (TPSA) is 8.17 Å². The van der Waals surface area contributed by atoms with Crippen molar-refractivity contribution >= 4 is 38.9 Å². The Kier molecular flexibility index (Phi) is 6.98. The number of hydrogen-bond donors (Lipinski definition) is 0. The van der Waals surface area contributed by atoms with Crippen LogP contribution in [-0.2, 0) is 10.8 Å². The van der Waals surface area contributed by atoms with Gasteiger partial charge in [-0.2, -0.15) is 0 Å². The summed E-state index contributed by atoms with van der Waals surface area (Å²) >= 11 is 0. The Morgan fingerprint density at radius 2 is 0.727 bits per heavy atom. The van der Waals surface area contributed by atoms with E-state index in [1.165, 1.54) is 117 Å². The van der Waals surface area contributed by atoms with Crippen LogP contribution in [0.15, 0.2) is 218 Å². The Hall–Kier alpha value is -8.20. The van der Waals surface area contributed by atoms with E-state index in [1.807, 2.05) is 0 Å². The van der Waals surface area contributed by atoms with E-state index in [9.17, 15) is 0 Å². The fourth-order valence-corrected chi connectivity index (χ4v) is 13.3. The van der Waals surface area contributed by atoms with Crippen molar-refractivity contribution in [2.45, 2.75) is 24.7 Å². The third kappa shape index (κ3) is 4.28. The summed E-state index contributed by atoms with van der Waals surface area (Å²) in [6, 6.07) is 82.9. The third-order valence-electron chi connectivity index (χ3n) is 15.7. The van der Waals surface area contributed by atoms with E-state index in [2.05, 4.69) is 242 Å². The SMILES string of the molecule is Cc1ccc2c(c1)C1(c3cc(C)ccc3-2)c2cccc3c2-c2c1cccc2C31c2cc(N(c3ccccc3)c3ccccc3)ccc2-c2ccc(-n3c4ccccc4c4ccccc43)cc21. The molecule has 15 rings (SSSR count). The zero-order valence-electron chi connectivity index (χ0n) is 36.7. The molecule has 0 fully saturated rings. The van der Waals surface area contributed by atoms with Crippen molar-refractivity contribution in [3.8, 4) is 39.1 Å². The molecule has 2 spiro atoms. The summed E-state index contributed by atoms with van der Waals surface area (Å²) < 4.78 is 2.49. The molecule has 0 atom stereocenters. The Balaban J connectivity index is 1.06. The van der Waals surface area contributed by atoms with Gasteiger partial charge in [-0.1, -0.05) is 169 Å². The number of aryl methyl sites for hydroxylation is 2. The highest BCUT2D eigenvalue weighted by molar-refractivity contribution is 6.10. The average molecular weight is 839 g/mol. The molecule has 4 aliphatic rings. The van der Waals surface area contributed by atoms with Gasteiger partial charge < -0.3 is 9.47 Å². The molecule has 0 N–H and O–H groups in total. The van der Waals surface area contributed by atoms with Crippen LogP contribution >= 0.6 is 0 Å². The largest absolute Gasteiger partial charge is 0.310 e. The Bertz CT molecular complexity index is 3710. The highest BCUT2D eigenvalue weighted by Gasteiger charge is 2.60. The van der Waals surface area contributed by atoms with Gasteiger partial charge in [0.15, 0.2) is 0 Å². The summed E-state index contributed by atoms with van der Waals surface area (Å²) in [5.41, 5.74) is 27.7. The lowest BCUT2D eigenvalue weighted by atomic mass is 9.65. The first-order valence-corrected chi connectivity index (χ1v) is 23.3.